The number of rotatable bonds is 4. The molecule has 0 aromatic heterocycles. The summed E-state index contributed by atoms with van der Waals surface area (Å²) < 4.78 is 13.2. The molecule has 3 unspecified atom stereocenters. The van der Waals surface area contributed by atoms with Gasteiger partial charge in [-0.2, -0.15) is 0 Å². The fraction of sp³-hybridized carbons (Fsp3) is 0.920. The highest BCUT2D eigenvalue weighted by Crippen LogP contribution is 2.66. The number of allylic oxidation sites excluding steroid dienone is 2. The first-order chi connectivity index (χ1) is 13.3. The van der Waals surface area contributed by atoms with E-state index in [9.17, 15) is 0 Å². The largest absolute Gasteiger partial charge is 0.548 e. The Kier molecular flexibility index (Phi) is 5.52. The summed E-state index contributed by atoms with van der Waals surface area (Å²) in [7, 11) is -2.97. The van der Waals surface area contributed by atoms with E-state index in [2.05, 4.69) is 59.2 Å². The summed E-state index contributed by atoms with van der Waals surface area (Å²) in [5, 5.41) is 0. The van der Waals surface area contributed by atoms with Crippen LogP contribution in [0.2, 0.25) is 39.3 Å². The normalized spacial score (nSPS) is 45.1. The molecule has 0 amide bonds. The van der Waals surface area contributed by atoms with Crippen molar-refractivity contribution in [1.82, 2.24) is 0 Å². The molecule has 3 saturated carbocycles. The lowest BCUT2D eigenvalue weighted by molar-refractivity contribution is -0.108. The van der Waals surface area contributed by atoms with Gasteiger partial charge in [-0.3, -0.25) is 0 Å². The second kappa shape index (κ2) is 7.23. The average molecular weight is 435 g/mol. The van der Waals surface area contributed by atoms with E-state index in [0.717, 1.165) is 23.7 Å². The molecule has 166 valence electrons. The molecule has 4 aliphatic rings. The topological polar surface area (TPSA) is 18.5 Å². The maximum Gasteiger partial charge on any atom is 0.241 e. The summed E-state index contributed by atoms with van der Waals surface area (Å²) in [5.74, 6) is 4.90. The summed E-state index contributed by atoms with van der Waals surface area (Å²) in [6, 6.07) is 0. The van der Waals surface area contributed by atoms with Gasteiger partial charge in [0.2, 0.25) is 8.32 Å². The van der Waals surface area contributed by atoms with Crippen LogP contribution in [0.5, 0.6) is 0 Å². The van der Waals surface area contributed by atoms with E-state index in [1.54, 1.807) is 0 Å². The molecule has 2 nitrogen and oxygen atoms in total. The van der Waals surface area contributed by atoms with Gasteiger partial charge < -0.3 is 8.85 Å². The van der Waals surface area contributed by atoms with Crippen molar-refractivity contribution in [1.29, 1.82) is 0 Å². The van der Waals surface area contributed by atoms with E-state index in [4.69, 9.17) is 8.85 Å². The minimum absolute atomic E-state index is 0.432. The average Bonchev–Trinajstić information content (AvgIpc) is 2.89. The van der Waals surface area contributed by atoms with Crippen molar-refractivity contribution >= 4 is 16.6 Å². The summed E-state index contributed by atoms with van der Waals surface area (Å²) in [5.41, 5.74) is 0.926. The Morgan fingerprint density at radius 1 is 0.828 bits per heavy atom. The van der Waals surface area contributed by atoms with Crippen molar-refractivity contribution in [3.8, 4) is 0 Å². The summed E-state index contributed by atoms with van der Waals surface area (Å²) in [6.07, 6.45) is 13.9. The standard InChI is InChI=1S/C25H46O2Si2/c1-24-15-13-19(26-28(3,4)5)17-18(24)9-10-20-21-11-12-23(27-29(6,7)8)25(21,2)16-14-22(20)24/h13,18,20-23H,9-12,14-17H2,1-8H3/t18-,20?,21?,22?,23+,24-,25-/m0/s1. The molecule has 0 aromatic carbocycles. The number of hydrogen-bond acceptors (Lipinski definition) is 2. The molecular weight excluding hydrogens is 388 g/mol. The third kappa shape index (κ3) is 4.07. The van der Waals surface area contributed by atoms with Crippen LogP contribution in [0.1, 0.15) is 65.2 Å². The zero-order valence-electron chi connectivity index (χ0n) is 20.4. The molecule has 4 rings (SSSR count). The van der Waals surface area contributed by atoms with Gasteiger partial charge in [-0.15, -0.1) is 0 Å². The first kappa shape index (κ1) is 22.1. The molecule has 0 bridgehead atoms. The Morgan fingerprint density at radius 3 is 2.17 bits per heavy atom. The fourth-order valence-electron chi connectivity index (χ4n) is 7.90. The summed E-state index contributed by atoms with van der Waals surface area (Å²) >= 11 is 0. The molecule has 0 saturated heterocycles. The first-order valence-corrected chi connectivity index (χ1v) is 19.2. The molecule has 29 heavy (non-hydrogen) atoms. The van der Waals surface area contributed by atoms with Crippen LogP contribution in [0.3, 0.4) is 0 Å². The van der Waals surface area contributed by atoms with E-state index in [1.807, 2.05) is 0 Å². The van der Waals surface area contributed by atoms with Gasteiger partial charge in [0.25, 0.3) is 0 Å². The predicted molar refractivity (Wildman–Crippen MR) is 128 cm³/mol. The number of fused-ring (bicyclic) bond motifs is 5. The second-order valence-electron chi connectivity index (χ2n) is 13.3. The van der Waals surface area contributed by atoms with Gasteiger partial charge >= 0.3 is 0 Å². The first-order valence-electron chi connectivity index (χ1n) is 12.4. The third-order valence-corrected chi connectivity index (χ3v) is 11.0. The van der Waals surface area contributed by atoms with Crippen LogP contribution in [0, 0.1) is 34.5 Å². The molecule has 0 aliphatic heterocycles. The molecule has 4 aliphatic carbocycles. The lowest BCUT2D eigenvalue weighted by Crippen LogP contribution is -2.54. The quantitative estimate of drug-likeness (QED) is 0.424. The lowest BCUT2D eigenvalue weighted by Gasteiger charge is -2.60. The smallest absolute Gasteiger partial charge is 0.241 e. The summed E-state index contributed by atoms with van der Waals surface area (Å²) in [6.45, 7) is 19.3. The number of hydrogen-bond donors (Lipinski definition) is 0. The van der Waals surface area contributed by atoms with Gasteiger partial charge in [-0.05, 0) is 125 Å². The predicted octanol–water partition coefficient (Wildman–Crippen LogP) is 7.59. The van der Waals surface area contributed by atoms with Crippen molar-refractivity contribution in [3.63, 3.8) is 0 Å². The Labute approximate surface area is 182 Å². The maximum absolute atomic E-state index is 6.76. The molecule has 0 spiro atoms. The molecule has 0 heterocycles. The molecule has 3 fully saturated rings. The molecule has 0 N–H and O–H groups in total. The van der Waals surface area contributed by atoms with Crippen LogP contribution in [0.25, 0.3) is 0 Å². The molecule has 0 radical (unpaired) electrons. The van der Waals surface area contributed by atoms with E-state index in [1.165, 1.54) is 57.1 Å². The van der Waals surface area contributed by atoms with Crippen LogP contribution >= 0.6 is 0 Å². The van der Waals surface area contributed by atoms with Gasteiger partial charge in [0.15, 0.2) is 8.32 Å². The van der Waals surface area contributed by atoms with Gasteiger partial charge in [-0.1, -0.05) is 13.8 Å². The monoisotopic (exact) mass is 434 g/mol. The molecular formula is C25H46O2Si2. The Balaban J connectivity index is 1.53. The SMILES string of the molecule is C[C@]12CCC3C(CC[C@H]4CC(O[Si](C)(C)C)=CC[C@]34C)C1CC[C@H]2O[Si](C)(C)C. The van der Waals surface area contributed by atoms with Crippen LogP contribution in [-0.4, -0.2) is 22.7 Å². The van der Waals surface area contributed by atoms with Crippen molar-refractivity contribution in [2.45, 2.75) is 111 Å². The zero-order chi connectivity index (χ0) is 21.2. The van der Waals surface area contributed by atoms with Gasteiger partial charge in [0.05, 0.1) is 11.9 Å². The van der Waals surface area contributed by atoms with Crippen LogP contribution < -0.4 is 0 Å². The van der Waals surface area contributed by atoms with Gasteiger partial charge in [0.1, 0.15) is 0 Å². The fourth-order valence-corrected chi connectivity index (χ4v) is 10.1. The van der Waals surface area contributed by atoms with E-state index >= 15 is 0 Å². The minimum atomic E-state index is -1.49. The molecule has 7 atom stereocenters. The molecule has 4 heteroatoms. The van der Waals surface area contributed by atoms with E-state index in [-0.39, 0.29) is 0 Å². The Hall–Kier alpha value is -0.0662. The van der Waals surface area contributed by atoms with Gasteiger partial charge in [-0.25, -0.2) is 0 Å². The highest BCUT2D eigenvalue weighted by Gasteiger charge is 2.60. The van der Waals surface area contributed by atoms with Crippen molar-refractivity contribution in [3.05, 3.63) is 11.8 Å². The maximum atomic E-state index is 6.76. The second-order valence-corrected chi connectivity index (χ2v) is 22.2. The van der Waals surface area contributed by atoms with Crippen molar-refractivity contribution in [2.75, 3.05) is 0 Å². The molecule has 0 aromatic rings. The van der Waals surface area contributed by atoms with E-state index in [0.29, 0.717) is 16.9 Å². The minimum Gasteiger partial charge on any atom is -0.548 e. The van der Waals surface area contributed by atoms with E-state index < -0.39 is 16.6 Å². The highest BCUT2D eigenvalue weighted by molar-refractivity contribution is 6.70. The van der Waals surface area contributed by atoms with Crippen molar-refractivity contribution in [2.24, 2.45) is 34.5 Å². The van der Waals surface area contributed by atoms with Crippen LogP contribution in [0.15, 0.2) is 11.8 Å². The lowest BCUT2D eigenvalue weighted by atomic mass is 9.46. The summed E-state index contributed by atoms with van der Waals surface area (Å²) in [4.78, 5) is 0. The Bertz CT molecular complexity index is 661. The Morgan fingerprint density at radius 2 is 1.52 bits per heavy atom. The van der Waals surface area contributed by atoms with Crippen molar-refractivity contribution < 1.29 is 8.85 Å². The zero-order valence-corrected chi connectivity index (χ0v) is 22.4. The van der Waals surface area contributed by atoms with Crippen LogP contribution in [0.4, 0.5) is 0 Å². The van der Waals surface area contributed by atoms with Gasteiger partial charge in [0, 0.05) is 6.42 Å². The highest BCUT2D eigenvalue weighted by atomic mass is 28.4. The third-order valence-electron chi connectivity index (χ3n) is 9.13. The van der Waals surface area contributed by atoms with Crippen LogP contribution in [-0.2, 0) is 8.85 Å².